The molecule has 21 heavy (non-hydrogen) atoms. The highest BCUT2D eigenvalue weighted by Crippen LogP contribution is 2.28. The number of amides is 2. The molecule has 0 spiro atoms. The van der Waals surface area contributed by atoms with Gasteiger partial charge >= 0.3 is 6.03 Å². The van der Waals surface area contributed by atoms with Crippen molar-refractivity contribution < 1.29 is 9.90 Å². The molecule has 1 aromatic rings. The van der Waals surface area contributed by atoms with Gasteiger partial charge in [0.25, 0.3) is 0 Å². The zero-order valence-corrected chi connectivity index (χ0v) is 13.0. The Hall–Kier alpha value is -1.55. The highest BCUT2D eigenvalue weighted by molar-refractivity contribution is 5.75. The third kappa shape index (κ3) is 3.56. The Morgan fingerprint density at radius 2 is 2.14 bits per heavy atom. The van der Waals surface area contributed by atoms with E-state index in [0.29, 0.717) is 12.5 Å². The summed E-state index contributed by atoms with van der Waals surface area (Å²) in [7, 11) is 0. The smallest absolute Gasteiger partial charge is 0.317 e. The van der Waals surface area contributed by atoms with Gasteiger partial charge in [-0.3, -0.25) is 0 Å². The molecule has 0 radical (unpaired) electrons. The first-order valence-electron chi connectivity index (χ1n) is 7.82. The van der Waals surface area contributed by atoms with E-state index >= 15 is 0 Å². The number of rotatable bonds is 5. The van der Waals surface area contributed by atoms with Crippen LogP contribution in [-0.2, 0) is 0 Å². The number of hydrogen-bond acceptors (Lipinski definition) is 2. The van der Waals surface area contributed by atoms with E-state index in [2.05, 4.69) is 24.4 Å². The maximum Gasteiger partial charge on any atom is 0.317 e. The summed E-state index contributed by atoms with van der Waals surface area (Å²) in [6.07, 6.45) is 2.81. The predicted molar refractivity (Wildman–Crippen MR) is 84.3 cm³/mol. The first-order chi connectivity index (χ1) is 10.1. The monoisotopic (exact) mass is 290 g/mol. The number of carbonyl (C=O) groups excluding carboxylic acids is 1. The normalized spacial score (nSPS) is 23.1. The molecule has 1 fully saturated rings. The van der Waals surface area contributed by atoms with E-state index in [9.17, 15) is 9.90 Å². The van der Waals surface area contributed by atoms with Gasteiger partial charge in [-0.05, 0) is 31.7 Å². The zero-order valence-electron chi connectivity index (χ0n) is 13.0. The number of aliphatic hydroxyl groups is 1. The van der Waals surface area contributed by atoms with Gasteiger partial charge in [0.2, 0.25) is 0 Å². The van der Waals surface area contributed by atoms with E-state index in [1.54, 1.807) is 4.90 Å². The van der Waals surface area contributed by atoms with Gasteiger partial charge in [0.15, 0.2) is 0 Å². The summed E-state index contributed by atoms with van der Waals surface area (Å²) >= 11 is 0. The third-order valence-electron chi connectivity index (χ3n) is 4.60. The molecule has 0 bridgehead atoms. The molecule has 2 atom stereocenters. The van der Waals surface area contributed by atoms with Crippen molar-refractivity contribution in [3.8, 4) is 0 Å². The Labute approximate surface area is 127 Å². The Kier molecular flexibility index (Phi) is 5.23. The molecule has 1 saturated heterocycles. The summed E-state index contributed by atoms with van der Waals surface area (Å²) in [5.41, 5.74) is 0.852. The van der Waals surface area contributed by atoms with Gasteiger partial charge in [-0.25, -0.2) is 4.79 Å². The van der Waals surface area contributed by atoms with Crippen molar-refractivity contribution >= 4 is 6.03 Å². The molecule has 116 valence electrons. The van der Waals surface area contributed by atoms with Crippen molar-refractivity contribution in [2.45, 2.75) is 44.6 Å². The molecule has 0 unspecified atom stereocenters. The van der Waals surface area contributed by atoms with Crippen LogP contribution in [0, 0.1) is 0 Å². The summed E-state index contributed by atoms with van der Waals surface area (Å²) in [5.74, 6) is 0.332. The van der Waals surface area contributed by atoms with Crippen LogP contribution in [0.5, 0.6) is 0 Å². The summed E-state index contributed by atoms with van der Waals surface area (Å²) in [6, 6.07) is 10.2. The molecule has 4 nitrogen and oxygen atoms in total. The van der Waals surface area contributed by atoms with E-state index in [1.807, 2.05) is 25.1 Å². The van der Waals surface area contributed by atoms with Crippen LogP contribution in [0.15, 0.2) is 30.3 Å². The predicted octanol–water partition coefficient (Wildman–Crippen LogP) is 2.74. The van der Waals surface area contributed by atoms with E-state index in [0.717, 1.165) is 25.8 Å². The van der Waals surface area contributed by atoms with Crippen LogP contribution in [0.4, 0.5) is 4.79 Å². The zero-order chi connectivity index (χ0) is 15.3. The van der Waals surface area contributed by atoms with Gasteiger partial charge in [0.1, 0.15) is 0 Å². The van der Waals surface area contributed by atoms with Gasteiger partial charge in [0, 0.05) is 19.0 Å². The molecular formula is C17H26N2O2. The SMILES string of the molecule is CC[C@@H](CNC(=O)N1CCC[C@@]1(C)CO)c1ccccc1. The van der Waals surface area contributed by atoms with E-state index in [-0.39, 0.29) is 12.6 Å². The summed E-state index contributed by atoms with van der Waals surface area (Å²) < 4.78 is 0. The maximum absolute atomic E-state index is 12.4. The van der Waals surface area contributed by atoms with Crippen LogP contribution in [0.1, 0.15) is 44.6 Å². The quantitative estimate of drug-likeness (QED) is 0.876. The van der Waals surface area contributed by atoms with Gasteiger partial charge in [-0.1, -0.05) is 37.3 Å². The van der Waals surface area contributed by atoms with E-state index in [4.69, 9.17) is 0 Å². The maximum atomic E-state index is 12.4. The number of nitrogens with one attached hydrogen (secondary N) is 1. The van der Waals surface area contributed by atoms with Crippen molar-refractivity contribution in [1.82, 2.24) is 10.2 Å². The van der Waals surface area contributed by atoms with Crippen molar-refractivity contribution in [3.05, 3.63) is 35.9 Å². The van der Waals surface area contributed by atoms with Crippen LogP contribution in [-0.4, -0.2) is 41.3 Å². The van der Waals surface area contributed by atoms with Crippen LogP contribution in [0.2, 0.25) is 0 Å². The average Bonchev–Trinajstić information content (AvgIpc) is 2.91. The third-order valence-corrected chi connectivity index (χ3v) is 4.60. The molecule has 1 aromatic carbocycles. The molecule has 0 saturated carbocycles. The topological polar surface area (TPSA) is 52.6 Å². The van der Waals surface area contributed by atoms with Gasteiger partial charge in [0.05, 0.1) is 12.1 Å². The van der Waals surface area contributed by atoms with Crippen LogP contribution in [0.3, 0.4) is 0 Å². The number of hydrogen-bond donors (Lipinski definition) is 2. The molecule has 1 heterocycles. The molecule has 2 rings (SSSR count). The Morgan fingerprint density at radius 1 is 1.43 bits per heavy atom. The fourth-order valence-corrected chi connectivity index (χ4v) is 3.06. The van der Waals surface area contributed by atoms with Gasteiger partial charge in [-0.15, -0.1) is 0 Å². The molecule has 0 aliphatic carbocycles. The first kappa shape index (κ1) is 15.8. The minimum Gasteiger partial charge on any atom is -0.394 e. The molecule has 0 aromatic heterocycles. The standard InChI is InChI=1S/C17H26N2O2/c1-3-14(15-8-5-4-6-9-15)12-18-16(21)19-11-7-10-17(19,2)13-20/h4-6,8-9,14,20H,3,7,10-13H2,1-2H3,(H,18,21)/t14-,17-/m0/s1. The average molecular weight is 290 g/mol. The van der Waals surface area contributed by atoms with Gasteiger partial charge in [-0.2, -0.15) is 0 Å². The lowest BCUT2D eigenvalue weighted by Gasteiger charge is -2.34. The number of carbonyl (C=O) groups is 1. The van der Waals surface area contributed by atoms with Crippen LogP contribution >= 0.6 is 0 Å². The van der Waals surface area contributed by atoms with Crippen LogP contribution < -0.4 is 5.32 Å². The largest absolute Gasteiger partial charge is 0.394 e. The number of nitrogens with zero attached hydrogens (tertiary/aromatic N) is 1. The Balaban J connectivity index is 1.94. The second-order valence-electron chi connectivity index (χ2n) is 6.11. The highest BCUT2D eigenvalue weighted by atomic mass is 16.3. The minimum absolute atomic E-state index is 0.0241. The Morgan fingerprint density at radius 3 is 2.76 bits per heavy atom. The van der Waals surface area contributed by atoms with Crippen LogP contribution in [0.25, 0.3) is 0 Å². The van der Waals surface area contributed by atoms with Crippen molar-refractivity contribution in [1.29, 1.82) is 0 Å². The Bertz CT molecular complexity index is 463. The van der Waals surface area contributed by atoms with E-state index in [1.165, 1.54) is 5.56 Å². The fraction of sp³-hybridized carbons (Fsp3) is 0.588. The van der Waals surface area contributed by atoms with Crippen molar-refractivity contribution in [2.24, 2.45) is 0 Å². The summed E-state index contributed by atoms with van der Waals surface area (Å²) in [4.78, 5) is 14.2. The van der Waals surface area contributed by atoms with Crippen molar-refractivity contribution in [3.63, 3.8) is 0 Å². The van der Waals surface area contributed by atoms with E-state index < -0.39 is 5.54 Å². The molecule has 2 amide bonds. The van der Waals surface area contributed by atoms with Gasteiger partial charge < -0.3 is 15.3 Å². The fourth-order valence-electron chi connectivity index (χ4n) is 3.06. The number of likely N-dealkylation sites (tertiary alicyclic amines) is 1. The number of urea groups is 1. The second-order valence-corrected chi connectivity index (χ2v) is 6.11. The lowest BCUT2D eigenvalue weighted by molar-refractivity contribution is 0.0972. The molecule has 2 N–H and O–H groups in total. The number of aliphatic hydroxyl groups excluding tert-OH is 1. The lowest BCUT2D eigenvalue weighted by atomic mass is 9.96. The molecule has 4 heteroatoms. The molecule has 1 aliphatic heterocycles. The van der Waals surface area contributed by atoms with Crippen molar-refractivity contribution in [2.75, 3.05) is 19.7 Å². The molecular weight excluding hydrogens is 264 g/mol. The highest BCUT2D eigenvalue weighted by Gasteiger charge is 2.39. The summed E-state index contributed by atoms with van der Waals surface area (Å²) in [5, 5.41) is 12.6. The first-order valence-corrected chi connectivity index (χ1v) is 7.82. The minimum atomic E-state index is -0.404. The lowest BCUT2D eigenvalue weighted by Crippen LogP contribution is -2.52. The second kappa shape index (κ2) is 6.94. The number of benzene rings is 1. The summed E-state index contributed by atoms with van der Waals surface area (Å²) in [6.45, 7) is 5.48. The molecule has 1 aliphatic rings.